The number of benzene rings is 1. The number of thiazole rings is 1. The molecule has 0 saturated carbocycles. The Balaban J connectivity index is 1.41. The van der Waals surface area contributed by atoms with E-state index in [4.69, 9.17) is 4.74 Å². The molecule has 3 aromatic rings. The quantitative estimate of drug-likeness (QED) is 0.723. The van der Waals surface area contributed by atoms with Gasteiger partial charge in [0, 0.05) is 18.8 Å². The number of hydrogen-bond donors (Lipinski definition) is 0. The Bertz CT molecular complexity index is 985. The van der Waals surface area contributed by atoms with Crippen molar-refractivity contribution in [2.45, 2.75) is 13.0 Å². The van der Waals surface area contributed by atoms with E-state index in [0.717, 1.165) is 15.9 Å². The third-order valence-electron chi connectivity index (χ3n) is 4.39. The first-order valence-electron chi connectivity index (χ1n) is 8.00. The van der Waals surface area contributed by atoms with Gasteiger partial charge in [-0.3, -0.25) is 9.59 Å². The second kappa shape index (κ2) is 6.00. The van der Waals surface area contributed by atoms with Crippen molar-refractivity contribution in [3.05, 3.63) is 57.5 Å². The van der Waals surface area contributed by atoms with Crippen LogP contribution in [0.2, 0.25) is 0 Å². The number of hydrogen-bond acceptors (Lipinski definition) is 5. The average molecular weight is 355 g/mol. The third-order valence-corrected chi connectivity index (χ3v) is 5.42. The molecule has 0 unspecified atom stereocenters. The topological polar surface area (TPSA) is 64.4 Å². The van der Waals surface area contributed by atoms with Crippen LogP contribution in [0.5, 0.6) is 5.75 Å². The van der Waals surface area contributed by atoms with Gasteiger partial charge in [-0.1, -0.05) is 12.1 Å². The predicted octanol–water partition coefficient (Wildman–Crippen LogP) is 2.21. The number of fused-ring (bicyclic) bond motifs is 1. The number of pyridine rings is 1. The molecule has 0 bridgehead atoms. The Morgan fingerprint density at radius 2 is 2.04 bits per heavy atom. The lowest BCUT2D eigenvalue weighted by Crippen LogP contribution is -2.56. The van der Waals surface area contributed by atoms with Gasteiger partial charge in [-0.15, -0.1) is 11.3 Å². The number of aromatic nitrogens is 2. The largest absolute Gasteiger partial charge is 0.486 e. The van der Waals surface area contributed by atoms with Crippen LogP contribution in [0.25, 0.3) is 10.2 Å². The highest BCUT2D eigenvalue weighted by Gasteiger charge is 2.34. The molecule has 128 valence electrons. The highest BCUT2D eigenvalue weighted by atomic mass is 32.1. The molecule has 1 saturated heterocycles. The predicted molar refractivity (Wildman–Crippen MR) is 96.4 cm³/mol. The van der Waals surface area contributed by atoms with E-state index >= 15 is 0 Å². The van der Waals surface area contributed by atoms with E-state index in [2.05, 4.69) is 4.98 Å². The number of carbonyl (C=O) groups is 1. The highest BCUT2D eigenvalue weighted by Crippen LogP contribution is 2.25. The molecule has 0 spiro atoms. The first kappa shape index (κ1) is 15.8. The van der Waals surface area contributed by atoms with Crippen LogP contribution in [-0.4, -0.2) is 39.6 Å². The van der Waals surface area contributed by atoms with E-state index in [1.165, 1.54) is 17.4 Å². The van der Waals surface area contributed by atoms with Crippen molar-refractivity contribution in [1.29, 1.82) is 0 Å². The maximum absolute atomic E-state index is 12.5. The molecule has 1 amide bonds. The monoisotopic (exact) mass is 355 g/mol. The van der Waals surface area contributed by atoms with Crippen molar-refractivity contribution in [2.24, 2.45) is 7.05 Å². The highest BCUT2D eigenvalue weighted by molar-refractivity contribution is 7.20. The van der Waals surface area contributed by atoms with Gasteiger partial charge in [0.25, 0.3) is 11.5 Å². The fraction of sp³-hybridized carbons (Fsp3) is 0.278. The van der Waals surface area contributed by atoms with Gasteiger partial charge in [-0.2, -0.15) is 0 Å². The van der Waals surface area contributed by atoms with Crippen molar-refractivity contribution >= 4 is 27.5 Å². The maximum atomic E-state index is 12.5. The minimum absolute atomic E-state index is 0.0683. The number of ether oxygens (including phenoxy) is 1. The summed E-state index contributed by atoms with van der Waals surface area (Å²) >= 11 is 1.41. The first-order chi connectivity index (χ1) is 12.0. The molecule has 0 aliphatic carbocycles. The second-order valence-corrected chi connectivity index (χ2v) is 7.20. The summed E-state index contributed by atoms with van der Waals surface area (Å²) in [7, 11) is 1.73. The zero-order chi connectivity index (χ0) is 17.6. The van der Waals surface area contributed by atoms with E-state index in [1.54, 1.807) is 16.5 Å². The molecular formula is C18H17N3O3S. The van der Waals surface area contributed by atoms with E-state index < -0.39 is 0 Å². The van der Waals surface area contributed by atoms with Crippen molar-refractivity contribution in [3.63, 3.8) is 0 Å². The molecule has 0 N–H and O–H groups in total. The Hall–Kier alpha value is -2.67. The molecule has 3 heterocycles. The molecule has 6 nitrogen and oxygen atoms in total. The Morgan fingerprint density at radius 3 is 2.76 bits per heavy atom. The summed E-state index contributed by atoms with van der Waals surface area (Å²) in [6.45, 7) is 2.87. The summed E-state index contributed by atoms with van der Waals surface area (Å²) in [6, 6.07) is 11.0. The van der Waals surface area contributed by atoms with E-state index in [0.29, 0.717) is 23.8 Å². The third kappa shape index (κ3) is 2.91. The van der Waals surface area contributed by atoms with Crippen LogP contribution in [0.15, 0.2) is 41.2 Å². The van der Waals surface area contributed by atoms with Crippen molar-refractivity contribution < 1.29 is 9.53 Å². The van der Waals surface area contributed by atoms with E-state index in [-0.39, 0.29) is 17.6 Å². The zero-order valence-corrected chi connectivity index (χ0v) is 14.7. The summed E-state index contributed by atoms with van der Waals surface area (Å²) in [5.74, 6) is 0.485. The van der Waals surface area contributed by atoms with Gasteiger partial charge < -0.3 is 14.2 Å². The lowest BCUT2D eigenvalue weighted by molar-refractivity contribution is 0.0176. The van der Waals surface area contributed by atoms with Gasteiger partial charge in [-0.25, -0.2) is 4.98 Å². The molecule has 2 aromatic heterocycles. The van der Waals surface area contributed by atoms with Crippen molar-refractivity contribution in [2.75, 3.05) is 13.1 Å². The minimum Gasteiger partial charge on any atom is -0.486 e. The molecule has 4 rings (SSSR count). The van der Waals surface area contributed by atoms with Crippen LogP contribution >= 0.6 is 11.3 Å². The maximum Gasteiger partial charge on any atom is 0.283 e. The molecule has 25 heavy (non-hydrogen) atoms. The molecule has 0 radical (unpaired) electrons. The molecule has 1 fully saturated rings. The molecule has 7 heteroatoms. The molecule has 1 aliphatic rings. The standard InChI is InChI=1S/C18H17N3O3S/c1-11-7-12(8-16(22)20(11)2)24-13-9-21(10-13)18(23)17-19-14-5-3-4-6-15(14)25-17/h3-8,13H,9-10H2,1-2H3. The fourth-order valence-corrected chi connectivity index (χ4v) is 3.71. The van der Waals surface area contributed by atoms with Crippen LogP contribution in [0, 0.1) is 6.92 Å². The second-order valence-electron chi connectivity index (χ2n) is 6.17. The first-order valence-corrected chi connectivity index (χ1v) is 8.82. The minimum atomic E-state index is -0.100. The summed E-state index contributed by atoms with van der Waals surface area (Å²) in [6.07, 6.45) is -0.0927. The molecule has 0 atom stereocenters. The van der Waals surface area contributed by atoms with Gasteiger partial charge >= 0.3 is 0 Å². The lowest BCUT2D eigenvalue weighted by atomic mass is 10.1. The number of rotatable bonds is 3. The van der Waals surface area contributed by atoms with Crippen LogP contribution in [-0.2, 0) is 7.05 Å². The SMILES string of the molecule is Cc1cc(OC2CN(C(=O)c3nc4ccccc4s3)C2)cc(=O)n1C. The van der Waals surface area contributed by atoms with Crippen LogP contribution in [0.3, 0.4) is 0 Å². The Kier molecular flexibility index (Phi) is 3.80. The van der Waals surface area contributed by atoms with Gasteiger partial charge in [-0.05, 0) is 25.1 Å². The lowest BCUT2D eigenvalue weighted by Gasteiger charge is -2.38. The Morgan fingerprint density at radius 1 is 1.28 bits per heavy atom. The number of para-hydroxylation sites is 1. The van der Waals surface area contributed by atoms with Gasteiger partial charge in [0.1, 0.15) is 11.9 Å². The van der Waals surface area contributed by atoms with E-state index in [9.17, 15) is 9.59 Å². The molecule has 1 aliphatic heterocycles. The van der Waals surface area contributed by atoms with Gasteiger partial charge in [0.05, 0.1) is 23.3 Å². The van der Waals surface area contributed by atoms with Gasteiger partial charge in [0.15, 0.2) is 5.01 Å². The molecular weight excluding hydrogens is 338 g/mol. The summed E-state index contributed by atoms with van der Waals surface area (Å²) in [4.78, 5) is 30.4. The number of nitrogens with zero attached hydrogens (tertiary/aromatic N) is 3. The van der Waals surface area contributed by atoms with Crippen molar-refractivity contribution in [1.82, 2.24) is 14.5 Å². The van der Waals surface area contributed by atoms with Crippen LogP contribution < -0.4 is 10.3 Å². The average Bonchev–Trinajstić information content (AvgIpc) is 2.99. The van der Waals surface area contributed by atoms with E-state index in [1.807, 2.05) is 37.3 Å². The smallest absolute Gasteiger partial charge is 0.283 e. The fourth-order valence-electron chi connectivity index (χ4n) is 2.77. The van der Waals surface area contributed by atoms with Crippen LogP contribution in [0.4, 0.5) is 0 Å². The number of amides is 1. The summed E-state index contributed by atoms with van der Waals surface area (Å²) in [5.41, 5.74) is 1.58. The summed E-state index contributed by atoms with van der Waals surface area (Å²) < 4.78 is 8.39. The summed E-state index contributed by atoms with van der Waals surface area (Å²) in [5, 5.41) is 0.504. The normalized spacial score (nSPS) is 14.6. The zero-order valence-electron chi connectivity index (χ0n) is 13.9. The van der Waals surface area contributed by atoms with Gasteiger partial charge in [0.2, 0.25) is 0 Å². The number of aryl methyl sites for hydroxylation is 1. The molecule has 1 aromatic carbocycles. The van der Waals surface area contributed by atoms with Crippen molar-refractivity contribution in [3.8, 4) is 5.75 Å². The number of likely N-dealkylation sites (tertiary alicyclic amines) is 1. The number of carbonyl (C=O) groups excluding carboxylic acids is 1. The van der Waals surface area contributed by atoms with Crippen LogP contribution in [0.1, 0.15) is 15.5 Å². The Labute approximate surface area is 148 Å².